The number of amides is 1. The van der Waals surface area contributed by atoms with Gasteiger partial charge in [-0.25, -0.2) is 0 Å². The van der Waals surface area contributed by atoms with Gasteiger partial charge < -0.3 is 5.32 Å². The number of hydrogen-bond donors (Lipinski definition) is 1. The van der Waals surface area contributed by atoms with Crippen molar-refractivity contribution in [1.82, 2.24) is 0 Å². The summed E-state index contributed by atoms with van der Waals surface area (Å²) in [7, 11) is 0. The van der Waals surface area contributed by atoms with Gasteiger partial charge in [0.25, 0.3) is 0 Å². The third-order valence-electron chi connectivity index (χ3n) is 2.06. The highest BCUT2D eigenvalue weighted by Crippen LogP contribution is 2.18. The Morgan fingerprint density at radius 1 is 1.47 bits per heavy atom. The van der Waals surface area contributed by atoms with Gasteiger partial charge in [-0.3, -0.25) is 4.79 Å². The Hall–Kier alpha value is -0.580. The molecule has 0 aliphatic carbocycles. The Morgan fingerprint density at radius 2 is 2.13 bits per heavy atom. The summed E-state index contributed by atoms with van der Waals surface area (Å²) in [6.45, 7) is 6.09. The van der Waals surface area contributed by atoms with Crippen molar-refractivity contribution in [3.05, 3.63) is 27.3 Å². The van der Waals surface area contributed by atoms with Crippen LogP contribution in [0.2, 0.25) is 0 Å². The maximum atomic E-state index is 11.5. The molecule has 3 heteroatoms. The maximum Gasteiger partial charge on any atom is 0.224 e. The first-order valence-corrected chi connectivity index (χ1v) is 6.13. The average Bonchev–Trinajstić information content (AvgIpc) is 2.08. The lowest BCUT2D eigenvalue weighted by molar-refractivity contribution is -0.116. The van der Waals surface area contributed by atoms with Gasteiger partial charge in [-0.1, -0.05) is 13.8 Å². The van der Waals surface area contributed by atoms with Crippen molar-refractivity contribution < 1.29 is 4.79 Å². The number of hydrogen-bond acceptors (Lipinski definition) is 1. The van der Waals surface area contributed by atoms with Crippen LogP contribution in [0.25, 0.3) is 0 Å². The first kappa shape index (κ1) is 12.5. The molecule has 1 amide bonds. The Balaban J connectivity index is 2.68. The van der Waals surface area contributed by atoms with Gasteiger partial charge in [0.15, 0.2) is 0 Å². The number of benzene rings is 1. The van der Waals surface area contributed by atoms with Crippen LogP contribution in [0.1, 0.15) is 25.8 Å². The molecule has 0 heterocycles. The molecule has 0 fully saturated rings. The number of halogens is 1. The molecule has 0 radical (unpaired) electrons. The molecule has 0 unspecified atom stereocenters. The fourth-order valence-electron chi connectivity index (χ4n) is 1.34. The van der Waals surface area contributed by atoms with Gasteiger partial charge in [0.05, 0.1) is 0 Å². The van der Waals surface area contributed by atoms with Gasteiger partial charge in [0, 0.05) is 15.7 Å². The molecule has 82 valence electrons. The second-order valence-corrected chi connectivity index (χ2v) is 5.35. The van der Waals surface area contributed by atoms with E-state index >= 15 is 0 Å². The van der Waals surface area contributed by atoms with Crippen molar-refractivity contribution >= 4 is 34.2 Å². The van der Waals surface area contributed by atoms with E-state index in [1.807, 2.05) is 32.9 Å². The molecule has 1 rings (SSSR count). The van der Waals surface area contributed by atoms with Crippen molar-refractivity contribution in [3.8, 4) is 0 Å². The molecule has 1 N–H and O–H groups in total. The fraction of sp³-hybridized carbons (Fsp3) is 0.417. The van der Waals surface area contributed by atoms with E-state index in [0.717, 1.165) is 11.3 Å². The number of rotatable bonds is 3. The van der Waals surface area contributed by atoms with Crippen LogP contribution >= 0.6 is 22.6 Å². The molecule has 0 bridgehead atoms. The molecular formula is C12H16INO. The highest BCUT2D eigenvalue weighted by Gasteiger charge is 2.06. The van der Waals surface area contributed by atoms with Crippen LogP contribution in [-0.4, -0.2) is 5.91 Å². The van der Waals surface area contributed by atoms with Crippen LogP contribution in [0.15, 0.2) is 18.2 Å². The van der Waals surface area contributed by atoms with E-state index in [0.29, 0.717) is 12.3 Å². The SMILES string of the molecule is Cc1cc(I)ccc1NC(=O)CC(C)C. The summed E-state index contributed by atoms with van der Waals surface area (Å²) in [6.07, 6.45) is 0.575. The molecule has 2 nitrogen and oxygen atoms in total. The van der Waals surface area contributed by atoms with E-state index in [9.17, 15) is 4.79 Å². The molecule has 0 atom stereocenters. The third-order valence-corrected chi connectivity index (χ3v) is 2.73. The zero-order valence-corrected chi connectivity index (χ0v) is 11.5. The summed E-state index contributed by atoms with van der Waals surface area (Å²) < 4.78 is 1.19. The molecule has 0 saturated heterocycles. The lowest BCUT2D eigenvalue weighted by Crippen LogP contribution is -2.14. The second kappa shape index (κ2) is 5.49. The smallest absolute Gasteiger partial charge is 0.224 e. The lowest BCUT2D eigenvalue weighted by Gasteiger charge is -2.09. The number of carbonyl (C=O) groups excluding carboxylic acids is 1. The number of aryl methyl sites for hydroxylation is 1. The van der Waals surface area contributed by atoms with E-state index in [-0.39, 0.29) is 5.91 Å². The third kappa shape index (κ3) is 4.20. The van der Waals surface area contributed by atoms with E-state index in [1.54, 1.807) is 0 Å². The first-order chi connectivity index (χ1) is 6.99. The predicted octanol–water partition coefficient (Wildman–Crippen LogP) is 3.58. The quantitative estimate of drug-likeness (QED) is 0.848. The summed E-state index contributed by atoms with van der Waals surface area (Å²) >= 11 is 2.26. The summed E-state index contributed by atoms with van der Waals surface area (Å²) in [5.74, 6) is 0.489. The Bertz CT molecular complexity index is 361. The molecule has 15 heavy (non-hydrogen) atoms. The van der Waals surface area contributed by atoms with Gasteiger partial charge >= 0.3 is 0 Å². The summed E-state index contributed by atoms with van der Waals surface area (Å²) in [5, 5.41) is 2.93. The van der Waals surface area contributed by atoms with Gasteiger partial charge in [-0.2, -0.15) is 0 Å². The zero-order valence-electron chi connectivity index (χ0n) is 9.30. The van der Waals surface area contributed by atoms with E-state index in [4.69, 9.17) is 0 Å². The number of nitrogens with one attached hydrogen (secondary N) is 1. The largest absolute Gasteiger partial charge is 0.326 e. The molecular weight excluding hydrogens is 301 g/mol. The van der Waals surface area contributed by atoms with Crippen molar-refractivity contribution in [1.29, 1.82) is 0 Å². The van der Waals surface area contributed by atoms with Gasteiger partial charge in [-0.05, 0) is 59.2 Å². The van der Waals surface area contributed by atoms with Crippen LogP contribution in [0.4, 0.5) is 5.69 Å². The van der Waals surface area contributed by atoms with Crippen LogP contribution in [-0.2, 0) is 4.79 Å². The number of anilines is 1. The van der Waals surface area contributed by atoms with E-state index in [2.05, 4.69) is 34.0 Å². The molecule has 1 aromatic carbocycles. The molecule has 0 saturated carbocycles. The second-order valence-electron chi connectivity index (χ2n) is 4.11. The maximum absolute atomic E-state index is 11.5. The summed E-state index contributed by atoms with van der Waals surface area (Å²) in [4.78, 5) is 11.5. The minimum absolute atomic E-state index is 0.0920. The van der Waals surface area contributed by atoms with Crippen molar-refractivity contribution in [2.24, 2.45) is 5.92 Å². The molecule has 1 aromatic rings. The topological polar surface area (TPSA) is 29.1 Å². The molecule has 0 aliphatic heterocycles. The highest BCUT2D eigenvalue weighted by molar-refractivity contribution is 14.1. The van der Waals surface area contributed by atoms with Gasteiger partial charge in [-0.15, -0.1) is 0 Å². The summed E-state index contributed by atoms with van der Waals surface area (Å²) in [6, 6.07) is 6.01. The van der Waals surface area contributed by atoms with Crippen LogP contribution in [0, 0.1) is 16.4 Å². The van der Waals surface area contributed by atoms with Crippen LogP contribution < -0.4 is 5.32 Å². The summed E-state index contributed by atoms with van der Waals surface area (Å²) in [5.41, 5.74) is 2.03. The van der Waals surface area contributed by atoms with Crippen molar-refractivity contribution in [2.75, 3.05) is 5.32 Å². The van der Waals surface area contributed by atoms with Crippen molar-refractivity contribution in [3.63, 3.8) is 0 Å². The Labute approximate surface area is 105 Å². The average molecular weight is 317 g/mol. The van der Waals surface area contributed by atoms with E-state index in [1.165, 1.54) is 3.57 Å². The first-order valence-electron chi connectivity index (χ1n) is 5.05. The molecule has 0 aromatic heterocycles. The normalized spacial score (nSPS) is 10.5. The highest BCUT2D eigenvalue weighted by atomic mass is 127. The Kier molecular flexibility index (Phi) is 4.57. The predicted molar refractivity (Wildman–Crippen MR) is 72.0 cm³/mol. The molecule has 0 aliphatic rings. The fourth-order valence-corrected chi connectivity index (χ4v) is 1.99. The van der Waals surface area contributed by atoms with Crippen LogP contribution in [0.3, 0.4) is 0 Å². The zero-order chi connectivity index (χ0) is 11.4. The monoisotopic (exact) mass is 317 g/mol. The van der Waals surface area contributed by atoms with Gasteiger partial charge in [0.2, 0.25) is 5.91 Å². The van der Waals surface area contributed by atoms with Crippen LogP contribution in [0.5, 0.6) is 0 Å². The Morgan fingerprint density at radius 3 is 2.67 bits per heavy atom. The number of carbonyl (C=O) groups is 1. The van der Waals surface area contributed by atoms with Gasteiger partial charge in [0.1, 0.15) is 0 Å². The van der Waals surface area contributed by atoms with Crippen molar-refractivity contribution in [2.45, 2.75) is 27.2 Å². The standard InChI is InChI=1S/C12H16INO/c1-8(2)6-12(15)14-11-5-4-10(13)7-9(11)3/h4-5,7-8H,6H2,1-3H3,(H,14,15). The molecule has 0 spiro atoms. The minimum atomic E-state index is 0.0920. The minimum Gasteiger partial charge on any atom is -0.326 e. The lowest BCUT2D eigenvalue weighted by atomic mass is 10.1. The van der Waals surface area contributed by atoms with E-state index < -0.39 is 0 Å².